The number of hydrogen-bond acceptors (Lipinski definition) is 6. The van der Waals surface area contributed by atoms with Gasteiger partial charge in [-0.15, -0.1) is 0 Å². The number of carbonyl (C=O) groups is 1. The van der Waals surface area contributed by atoms with Crippen molar-refractivity contribution >= 4 is 38.6 Å². The fraction of sp³-hybridized carbons (Fsp3) is 0.286. The topological polar surface area (TPSA) is 86.7 Å². The van der Waals surface area contributed by atoms with Crippen LogP contribution in [-0.2, 0) is 10.0 Å². The molecule has 30 heavy (non-hydrogen) atoms. The number of sulfonamides is 1. The molecular formula is C21H23N5O3S. The molecule has 1 aromatic heterocycles. The average Bonchev–Trinajstić information content (AvgIpc) is 2.90. The van der Waals surface area contributed by atoms with Crippen molar-refractivity contribution < 1.29 is 13.2 Å². The molecule has 8 nitrogen and oxygen atoms in total. The SMILES string of the molecule is CN1CCCN(C(=O)c2ccc(S(=O)(=O)N(C)C)cc2)c2nc3ccccc3nc21. The second-order valence-electron chi connectivity index (χ2n) is 7.40. The zero-order valence-corrected chi connectivity index (χ0v) is 17.9. The van der Waals surface area contributed by atoms with E-state index in [0.717, 1.165) is 28.3 Å². The van der Waals surface area contributed by atoms with E-state index in [9.17, 15) is 13.2 Å². The molecule has 0 saturated carbocycles. The fourth-order valence-electron chi connectivity index (χ4n) is 3.43. The second kappa shape index (κ2) is 7.66. The Labute approximate surface area is 175 Å². The number of rotatable bonds is 3. The summed E-state index contributed by atoms with van der Waals surface area (Å²) in [6.45, 7) is 1.25. The Bertz CT molecular complexity index is 1210. The predicted octanol–water partition coefficient (Wildman–Crippen LogP) is 2.37. The van der Waals surface area contributed by atoms with Crippen molar-refractivity contribution in [2.45, 2.75) is 11.3 Å². The highest BCUT2D eigenvalue weighted by Gasteiger charge is 2.28. The fourth-order valence-corrected chi connectivity index (χ4v) is 4.33. The summed E-state index contributed by atoms with van der Waals surface area (Å²) in [6.07, 6.45) is 0.768. The molecule has 0 atom stereocenters. The monoisotopic (exact) mass is 425 g/mol. The number of fused-ring (bicyclic) bond motifs is 2. The molecule has 9 heteroatoms. The molecule has 2 heterocycles. The van der Waals surface area contributed by atoms with Crippen molar-refractivity contribution in [2.75, 3.05) is 44.0 Å². The lowest BCUT2D eigenvalue weighted by Gasteiger charge is -2.23. The Balaban J connectivity index is 1.74. The molecular weight excluding hydrogens is 402 g/mol. The molecule has 1 aliphatic heterocycles. The van der Waals surface area contributed by atoms with E-state index in [-0.39, 0.29) is 10.8 Å². The van der Waals surface area contributed by atoms with Gasteiger partial charge in [-0.1, -0.05) is 12.1 Å². The third-order valence-electron chi connectivity index (χ3n) is 5.15. The molecule has 0 fully saturated rings. The van der Waals surface area contributed by atoms with Gasteiger partial charge in [-0.3, -0.25) is 9.69 Å². The lowest BCUT2D eigenvalue weighted by molar-refractivity contribution is 0.0986. The lowest BCUT2D eigenvalue weighted by atomic mass is 10.2. The van der Waals surface area contributed by atoms with Crippen molar-refractivity contribution in [1.29, 1.82) is 0 Å². The number of benzene rings is 2. The molecule has 3 aromatic rings. The maximum Gasteiger partial charge on any atom is 0.259 e. The molecule has 0 aliphatic carbocycles. The quantitative estimate of drug-likeness (QED) is 0.640. The Morgan fingerprint density at radius 3 is 2.13 bits per heavy atom. The zero-order valence-electron chi connectivity index (χ0n) is 17.1. The number of anilines is 2. The van der Waals surface area contributed by atoms with Crippen LogP contribution in [0.25, 0.3) is 11.0 Å². The summed E-state index contributed by atoms with van der Waals surface area (Å²) in [5.41, 5.74) is 1.89. The van der Waals surface area contributed by atoms with Gasteiger partial charge < -0.3 is 4.90 Å². The van der Waals surface area contributed by atoms with Gasteiger partial charge in [0.25, 0.3) is 5.91 Å². The number of carbonyl (C=O) groups excluding carboxylic acids is 1. The van der Waals surface area contributed by atoms with Crippen molar-refractivity contribution in [3.8, 4) is 0 Å². The summed E-state index contributed by atoms with van der Waals surface area (Å²) in [7, 11) is 1.34. The van der Waals surface area contributed by atoms with Gasteiger partial charge in [-0.2, -0.15) is 0 Å². The van der Waals surface area contributed by atoms with E-state index in [1.807, 2.05) is 36.2 Å². The molecule has 1 amide bonds. The van der Waals surface area contributed by atoms with Gasteiger partial charge in [0.2, 0.25) is 10.0 Å². The van der Waals surface area contributed by atoms with Gasteiger partial charge in [-0.25, -0.2) is 22.7 Å². The van der Waals surface area contributed by atoms with Crippen LogP contribution in [0.2, 0.25) is 0 Å². The summed E-state index contributed by atoms with van der Waals surface area (Å²) in [6, 6.07) is 13.6. The van der Waals surface area contributed by atoms with E-state index in [1.165, 1.54) is 26.2 Å². The first-order valence-corrected chi connectivity index (χ1v) is 11.1. The van der Waals surface area contributed by atoms with Crippen molar-refractivity contribution in [3.63, 3.8) is 0 Å². The van der Waals surface area contributed by atoms with Crippen molar-refractivity contribution in [1.82, 2.24) is 14.3 Å². The number of nitrogens with zero attached hydrogens (tertiary/aromatic N) is 5. The Kier molecular flexibility index (Phi) is 5.17. The Hall–Kier alpha value is -3.04. The van der Waals surface area contributed by atoms with E-state index in [0.29, 0.717) is 23.7 Å². The highest BCUT2D eigenvalue weighted by Crippen LogP contribution is 2.31. The predicted molar refractivity (Wildman–Crippen MR) is 116 cm³/mol. The van der Waals surface area contributed by atoms with Gasteiger partial charge in [0.1, 0.15) is 0 Å². The van der Waals surface area contributed by atoms with Gasteiger partial charge in [0.05, 0.1) is 15.9 Å². The van der Waals surface area contributed by atoms with Crippen LogP contribution in [0.3, 0.4) is 0 Å². The maximum atomic E-state index is 13.3. The minimum Gasteiger partial charge on any atom is -0.357 e. The average molecular weight is 426 g/mol. The molecule has 0 radical (unpaired) electrons. The minimum atomic E-state index is -3.55. The Morgan fingerprint density at radius 1 is 0.933 bits per heavy atom. The lowest BCUT2D eigenvalue weighted by Crippen LogP contribution is -2.32. The first-order chi connectivity index (χ1) is 14.3. The highest BCUT2D eigenvalue weighted by molar-refractivity contribution is 7.89. The van der Waals surface area contributed by atoms with Crippen LogP contribution in [0.1, 0.15) is 16.8 Å². The number of hydrogen-bond donors (Lipinski definition) is 0. The highest BCUT2D eigenvalue weighted by atomic mass is 32.2. The van der Waals surface area contributed by atoms with Crippen LogP contribution in [0.5, 0.6) is 0 Å². The summed E-state index contributed by atoms with van der Waals surface area (Å²) < 4.78 is 25.7. The molecule has 0 N–H and O–H groups in total. The molecule has 1 aliphatic rings. The van der Waals surface area contributed by atoms with Crippen molar-refractivity contribution in [3.05, 3.63) is 54.1 Å². The molecule has 156 valence electrons. The summed E-state index contributed by atoms with van der Waals surface area (Å²) in [4.78, 5) is 26.6. The van der Waals surface area contributed by atoms with Crippen LogP contribution in [-0.4, -0.2) is 62.8 Å². The largest absolute Gasteiger partial charge is 0.357 e. The molecule has 0 spiro atoms. The summed E-state index contributed by atoms with van der Waals surface area (Å²) >= 11 is 0. The molecule has 0 saturated heterocycles. The third-order valence-corrected chi connectivity index (χ3v) is 6.98. The summed E-state index contributed by atoms with van der Waals surface area (Å²) in [5.74, 6) is 0.944. The van der Waals surface area contributed by atoms with E-state index in [1.54, 1.807) is 17.0 Å². The zero-order chi connectivity index (χ0) is 21.5. The van der Waals surface area contributed by atoms with Crippen LogP contribution in [0.15, 0.2) is 53.4 Å². The second-order valence-corrected chi connectivity index (χ2v) is 9.56. The van der Waals surface area contributed by atoms with E-state index in [2.05, 4.69) is 0 Å². The third kappa shape index (κ3) is 3.50. The standard InChI is InChI=1S/C21H23N5O3S/c1-24(2)30(28,29)16-11-9-15(10-12-16)21(27)26-14-6-13-25(3)19-20(26)23-18-8-5-4-7-17(18)22-19/h4-5,7-12H,6,13-14H2,1-3H3. The number of amides is 1. The van der Waals surface area contributed by atoms with Crippen LogP contribution in [0, 0.1) is 0 Å². The van der Waals surface area contributed by atoms with Crippen LogP contribution >= 0.6 is 0 Å². The molecule has 4 rings (SSSR count). The van der Waals surface area contributed by atoms with Crippen LogP contribution in [0.4, 0.5) is 11.6 Å². The summed E-state index contributed by atoms with van der Waals surface area (Å²) in [5, 5.41) is 0. The van der Waals surface area contributed by atoms with E-state index in [4.69, 9.17) is 9.97 Å². The smallest absolute Gasteiger partial charge is 0.259 e. The number of aromatic nitrogens is 2. The first kappa shape index (κ1) is 20.2. The number of para-hydroxylation sites is 2. The Morgan fingerprint density at radius 2 is 1.53 bits per heavy atom. The molecule has 0 bridgehead atoms. The normalized spacial score (nSPS) is 14.7. The minimum absolute atomic E-state index is 0.144. The van der Waals surface area contributed by atoms with Gasteiger partial charge in [0.15, 0.2) is 11.6 Å². The maximum absolute atomic E-state index is 13.3. The molecule has 2 aromatic carbocycles. The van der Waals surface area contributed by atoms with Gasteiger partial charge in [0, 0.05) is 39.8 Å². The molecule has 0 unspecified atom stereocenters. The van der Waals surface area contributed by atoms with Gasteiger partial charge >= 0.3 is 0 Å². The van der Waals surface area contributed by atoms with E-state index >= 15 is 0 Å². The van der Waals surface area contributed by atoms with Crippen molar-refractivity contribution in [2.24, 2.45) is 0 Å². The van der Waals surface area contributed by atoms with Gasteiger partial charge in [-0.05, 0) is 42.8 Å². The van der Waals surface area contributed by atoms with E-state index < -0.39 is 10.0 Å². The first-order valence-electron chi connectivity index (χ1n) is 9.61. The van der Waals surface area contributed by atoms with Crippen LogP contribution < -0.4 is 9.80 Å².